The molecule has 0 radical (unpaired) electrons. The summed E-state index contributed by atoms with van der Waals surface area (Å²) in [5.41, 5.74) is 0. The van der Waals surface area contributed by atoms with Crippen LogP contribution >= 0.6 is 0 Å². The van der Waals surface area contributed by atoms with Crippen LogP contribution in [0.15, 0.2) is 0 Å². The molecule has 17 heavy (non-hydrogen) atoms. The van der Waals surface area contributed by atoms with E-state index in [1.165, 1.54) is 38.5 Å². The van der Waals surface area contributed by atoms with Gasteiger partial charge < -0.3 is 5.11 Å². The van der Waals surface area contributed by atoms with Crippen LogP contribution in [-0.4, -0.2) is 30.9 Å². The third kappa shape index (κ3) is 39.2. The topological polar surface area (TPSA) is 74.6 Å². The molecule has 0 unspecified atom stereocenters. The van der Waals surface area contributed by atoms with Crippen molar-refractivity contribution in [1.82, 2.24) is 0 Å². The monoisotopic (exact) mass is 264 g/mol. The summed E-state index contributed by atoms with van der Waals surface area (Å²) >= 11 is 0. The first kappa shape index (κ1) is 18.8. The Morgan fingerprint density at radius 1 is 1.00 bits per heavy atom. The highest BCUT2D eigenvalue weighted by Gasteiger charge is 1.89. The quantitative estimate of drug-likeness (QED) is 0.400. The van der Waals surface area contributed by atoms with E-state index in [2.05, 4.69) is 5.92 Å². The zero-order chi connectivity index (χ0) is 13.6. The molecule has 0 atom stereocenters. The van der Waals surface area contributed by atoms with Crippen molar-refractivity contribution < 1.29 is 18.1 Å². The van der Waals surface area contributed by atoms with Crippen molar-refractivity contribution in [2.24, 2.45) is 0 Å². The van der Waals surface area contributed by atoms with E-state index in [0.29, 0.717) is 12.9 Å². The van der Waals surface area contributed by atoms with Crippen LogP contribution in [0.4, 0.5) is 0 Å². The lowest BCUT2D eigenvalue weighted by Gasteiger charge is -1.98. The first-order valence-electron chi connectivity index (χ1n) is 5.88. The summed E-state index contributed by atoms with van der Waals surface area (Å²) in [4.78, 5) is 0. The van der Waals surface area contributed by atoms with Crippen LogP contribution in [0.2, 0.25) is 0 Å². The maximum Gasteiger partial charge on any atom is 0.261 e. The maximum atomic E-state index is 9.19. The van der Waals surface area contributed by atoms with E-state index in [0.717, 1.165) is 12.8 Å². The summed E-state index contributed by atoms with van der Waals surface area (Å²) in [6, 6.07) is 0. The highest BCUT2D eigenvalue weighted by molar-refractivity contribution is 7.85. The fraction of sp³-hybridized carbons (Fsp3) is 0.833. The summed E-state index contributed by atoms with van der Waals surface area (Å²) in [7, 11) is -3.67. The molecule has 0 heterocycles. The number of hydrogen-bond acceptors (Lipinski definition) is 3. The second-order valence-electron chi connectivity index (χ2n) is 3.89. The minimum atomic E-state index is -3.67. The molecular weight excluding hydrogens is 240 g/mol. The second kappa shape index (κ2) is 13.5. The largest absolute Gasteiger partial charge is 0.396 e. The highest BCUT2D eigenvalue weighted by atomic mass is 32.2. The van der Waals surface area contributed by atoms with Gasteiger partial charge in [0.05, 0.1) is 6.26 Å². The first-order valence-corrected chi connectivity index (χ1v) is 7.73. The SMILES string of the molecule is C#CCCCCCCCCCO.CS(=O)(=O)O. The molecule has 0 spiro atoms. The van der Waals surface area contributed by atoms with Gasteiger partial charge in [-0.15, -0.1) is 12.3 Å². The predicted octanol–water partition coefficient (Wildman–Crippen LogP) is 2.24. The van der Waals surface area contributed by atoms with Crippen molar-refractivity contribution in [3.63, 3.8) is 0 Å². The smallest absolute Gasteiger partial charge is 0.261 e. The van der Waals surface area contributed by atoms with Gasteiger partial charge >= 0.3 is 0 Å². The molecule has 0 aromatic carbocycles. The van der Waals surface area contributed by atoms with E-state index in [-0.39, 0.29) is 0 Å². The molecule has 0 bridgehead atoms. The molecule has 102 valence electrons. The Morgan fingerprint density at radius 3 is 1.71 bits per heavy atom. The predicted molar refractivity (Wildman–Crippen MR) is 70.3 cm³/mol. The molecule has 0 aliphatic heterocycles. The van der Waals surface area contributed by atoms with Gasteiger partial charge in [-0.25, -0.2) is 0 Å². The molecule has 0 amide bonds. The lowest BCUT2D eigenvalue weighted by molar-refractivity contribution is 0.282. The van der Waals surface area contributed by atoms with E-state index in [1.807, 2.05) is 0 Å². The third-order valence-electron chi connectivity index (χ3n) is 1.98. The normalized spacial score (nSPS) is 10.2. The molecule has 4 nitrogen and oxygen atoms in total. The van der Waals surface area contributed by atoms with Gasteiger partial charge in [0.15, 0.2) is 0 Å². The van der Waals surface area contributed by atoms with Crippen LogP contribution in [0.1, 0.15) is 51.4 Å². The summed E-state index contributed by atoms with van der Waals surface area (Å²) in [5, 5.41) is 8.52. The Kier molecular flexibility index (Phi) is 14.9. The van der Waals surface area contributed by atoms with E-state index in [9.17, 15) is 8.42 Å². The standard InChI is InChI=1S/C11H20O.CH4O3S/c1-2-3-4-5-6-7-8-9-10-11-12;1-5(2,3)4/h1,12H,3-11H2;1H3,(H,2,3,4). The van der Waals surface area contributed by atoms with Gasteiger partial charge in [-0.1, -0.05) is 32.1 Å². The number of unbranched alkanes of at least 4 members (excludes halogenated alkanes) is 7. The zero-order valence-corrected chi connectivity index (χ0v) is 11.4. The Bertz CT molecular complexity index is 269. The van der Waals surface area contributed by atoms with Crippen molar-refractivity contribution in [3.8, 4) is 12.3 Å². The van der Waals surface area contributed by atoms with E-state index < -0.39 is 10.1 Å². The Morgan fingerprint density at radius 2 is 1.35 bits per heavy atom. The molecule has 0 aliphatic carbocycles. The van der Waals surface area contributed by atoms with E-state index >= 15 is 0 Å². The second-order valence-corrected chi connectivity index (χ2v) is 5.35. The van der Waals surface area contributed by atoms with Gasteiger partial charge in [0.2, 0.25) is 0 Å². The van der Waals surface area contributed by atoms with Crippen molar-refractivity contribution in [3.05, 3.63) is 0 Å². The number of hydrogen-bond donors (Lipinski definition) is 2. The fourth-order valence-electron chi connectivity index (χ4n) is 1.22. The molecule has 0 aliphatic rings. The molecule has 0 saturated carbocycles. The van der Waals surface area contributed by atoms with Crippen molar-refractivity contribution in [2.75, 3.05) is 12.9 Å². The summed E-state index contributed by atoms with van der Waals surface area (Å²) in [6.07, 6.45) is 15.2. The van der Waals surface area contributed by atoms with Crippen LogP contribution in [0.3, 0.4) is 0 Å². The van der Waals surface area contributed by atoms with Gasteiger partial charge in [0.25, 0.3) is 10.1 Å². The molecule has 0 fully saturated rings. The summed E-state index contributed by atoms with van der Waals surface area (Å²) in [6.45, 7) is 0.344. The number of aliphatic hydroxyl groups excluding tert-OH is 1. The Balaban J connectivity index is 0. The average Bonchev–Trinajstić information content (AvgIpc) is 2.20. The molecule has 2 N–H and O–H groups in total. The molecule has 0 saturated heterocycles. The summed E-state index contributed by atoms with van der Waals surface area (Å²) < 4.78 is 25.9. The summed E-state index contributed by atoms with van der Waals surface area (Å²) in [5.74, 6) is 2.65. The molecule has 0 rings (SSSR count). The van der Waals surface area contributed by atoms with Crippen molar-refractivity contribution in [1.29, 1.82) is 0 Å². The van der Waals surface area contributed by atoms with Gasteiger partial charge in [-0.2, -0.15) is 8.42 Å². The lowest BCUT2D eigenvalue weighted by Crippen LogP contribution is -1.88. The van der Waals surface area contributed by atoms with E-state index in [1.54, 1.807) is 0 Å². The first-order chi connectivity index (χ1) is 7.91. The maximum absolute atomic E-state index is 9.19. The Labute approximate surface area is 105 Å². The average molecular weight is 264 g/mol. The zero-order valence-electron chi connectivity index (χ0n) is 10.6. The van der Waals surface area contributed by atoms with Crippen LogP contribution in [-0.2, 0) is 10.1 Å². The Hall–Kier alpha value is -0.570. The highest BCUT2D eigenvalue weighted by Crippen LogP contribution is 2.07. The number of aliphatic hydroxyl groups is 1. The number of rotatable bonds is 8. The lowest BCUT2D eigenvalue weighted by atomic mass is 10.1. The van der Waals surface area contributed by atoms with E-state index in [4.69, 9.17) is 16.1 Å². The van der Waals surface area contributed by atoms with Crippen molar-refractivity contribution >= 4 is 10.1 Å². The third-order valence-corrected chi connectivity index (χ3v) is 1.98. The van der Waals surface area contributed by atoms with Crippen molar-refractivity contribution in [2.45, 2.75) is 51.4 Å². The molecular formula is C12H24O4S. The van der Waals surface area contributed by atoms with Gasteiger partial charge in [0, 0.05) is 13.0 Å². The van der Waals surface area contributed by atoms with Gasteiger partial charge in [0.1, 0.15) is 0 Å². The molecule has 0 aromatic rings. The minimum Gasteiger partial charge on any atom is -0.396 e. The van der Waals surface area contributed by atoms with Crippen LogP contribution < -0.4 is 0 Å². The van der Waals surface area contributed by atoms with Crippen LogP contribution in [0, 0.1) is 12.3 Å². The number of terminal acetylenes is 1. The molecule has 0 aromatic heterocycles. The molecule has 5 heteroatoms. The van der Waals surface area contributed by atoms with Gasteiger partial charge in [-0.05, 0) is 12.8 Å². The van der Waals surface area contributed by atoms with Gasteiger partial charge in [-0.3, -0.25) is 4.55 Å². The fourth-order valence-corrected chi connectivity index (χ4v) is 1.22. The van der Waals surface area contributed by atoms with Crippen LogP contribution in [0.25, 0.3) is 0 Å². The minimum absolute atomic E-state index is 0.344. The van der Waals surface area contributed by atoms with Crippen LogP contribution in [0.5, 0.6) is 0 Å².